The fraction of sp³-hybridized carbons (Fsp3) is 0.278. The van der Waals surface area contributed by atoms with E-state index in [1.54, 1.807) is 31.2 Å². The predicted molar refractivity (Wildman–Crippen MR) is 95.3 cm³/mol. The number of nitrogens with one attached hydrogen (secondary N) is 1. The molecule has 1 N–H and O–H groups in total. The maximum atomic E-state index is 12.0. The van der Waals surface area contributed by atoms with Gasteiger partial charge in [-0.2, -0.15) is 0 Å². The number of aryl methyl sites for hydroxylation is 1. The molecular formula is C18H21NO4S. The van der Waals surface area contributed by atoms with Crippen molar-refractivity contribution < 1.29 is 17.9 Å². The van der Waals surface area contributed by atoms with E-state index in [4.69, 9.17) is 4.74 Å². The second kappa shape index (κ2) is 7.97. The van der Waals surface area contributed by atoms with Gasteiger partial charge in [-0.15, -0.1) is 0 Å². The molecule has 0 saturated carbocycles. The van der Waals surface area contributed by atoms with Gasteiger partial charge in [0, 0.05) is 0 Å². The third kappa shape index (κ3) is 5.38. The first-order chi connectivity index (χ1) is 11.4. The molecule has 0 aliphatic heterocycles. The number of sulfone groups is 1. The van der Waals surface area contributed by atoms with Gasteiger partial charge in [0.1, 0.15) is 11.5 Å². The molecule has 2 aromatic rings. The summed E-state index contributed by atoms with van der Waals surface area (Å²) in [5, 5.41) is 2.61. The summed E-state index contributed by atoms with van der Waals surface area (Å²) >= 11 is 0. The van der Waals surface area contributed by atoms with E-state index in [9.17, 15) is 13.2 Å². The molecule has 1 amide bonds. The lowest BCUT2D eigenvalue weighted by molar-refractivity contribution is -0.113. The van der Waals surface area contributed by atoms with Gasteiger partial charge in [-0.05, 0) is 37.6 Å². The van der Waals surface area contributed by atoms with Crippen LogP contribution in [0, 0.1) is 6.92 Å². The van der Waals surface area contributed by atoms with E-state index < -0.39 is 21.5 Å². The molecule has 2 rings (SSSR count). The van der Waals surface area contributed by atoms with Gasteiger partial charge in [0.05, 0.1) is 11.4 Å². The summed E-state index contributed by atoms with van der Waals surface area (Å²) in [5.74, 6) is 0.00802. The predicted octanol–water partition coefficient (Wildman–Crippen LogP) is 3.55. The number of carbonyl (C=O) groups excluding carboxylic acids is 1. The van der Waals surface area contributed by atoms with Crippen molar-refractivity contribution in [1.29, 1.82) is 0 Å². The Bertz CT molecular complexity index is 798. The smallest absolute Gasteiger partial charge is 0.239 e. The fourth-order valence-electron chi connectivity index (χ4n) is 2.16. The van der Waals surface area contributed by atoms with Gasteiger partial charge in [0.25, 0.3) is 0 Å². The summed E-state index contributed by atoms with van der Waals surface area (Å²) in [6, 6.07) is 14.4. The quantitative estimate of drug-likeness (QED) is 0.831. The summed E-state index contributed by atoms with van der Waals surface area (Å²) in [5.41, 5.74) is 1.56. The van der Waals surface area contributed by atoms with Crippen LogP contribution in [0.1, 0.15) is 18.9 Å². The molecule has 24 heavy (non-hydrogen) atoms. The minimum atomic E-state index is -3.38. The molecule has 0 aliphatic carbocycles. The highest BCUT2D eigenvalue weighted by atomic mass is 32.2. The van der Waals surface area contributed by atoms with Crippen LogP contribution in [0.25, 0.3) is 0 Å². The van der Waals surface area contributed by atoms with Crippen molar-refractivity contribution >= 4 is 21.4 Å². The molecule has 0 heterocycles. The van der Waals surface area contributed by atoms with Crippen molar-refractivity contribution in [3.05, 3.63) is 54.1 Å². The van der Waals surface area contributed by atoms with Crippen LogP contribution in [0.4, 0.5) is 5.69 Å². The minimum absolute atomic E-state index is 0.00192. The van der Waals surface area contributed by atoms with E-state index >= 15 is 0 Å². The van der Waals surface area contributed by atoms with Gasteiger partial charge < -0.3 is 10.1 Å². The number of benzene rings is 2. The first kappa shape index (κ1) is 18.0. The van der Waals surface area contributed by atoms with Gasteiger partial charge in [-0.1, -0.05) is 36.8 Å². The Labute approximate surface area is 142 Å². The largest absolute Gasteiger partial charge is 0.455 e. The van der Waals surface area contributed by atoms with Crippen molar-refractivity contribution in [1.82, 2.24) is 0 Å². The fourth-order valence-corrected chi connectivity index (χ4v) is 3.40. The van der Waals surface area contributed by atoms with E-state index in [0.29, 0.717) is 23.6 Å². The summed E-state index contributed by atoms with van der Waals surface area (Å²) in [4.78, 5) is 12.0. The third-order valence-electron chi connectivity index (χ3n) is 3.28. The summed E-state index contributed by atoms with van der Waals surface area (Å²) < 4.78 is 29.3. The monoisotopic (exact) mass is 347 g/mol. The Morgan fingerprint density at radius 3 is 2.42 bits per heavy atom. The van der Waals surface area contributed by atoms with Crippen molar-refractivity contribution in [3.8, 4) is 11.5 Å². The highest BCUT2D eigenvalue weighted by Crippen LogP contribution is 2.29. The van der Waals surface area contributed by atoms with Crippen LogP contribution in [0.5, 0.6) is 11.5 Å². The molecule has 0 radical (unpaired) electrons. The number of hydrogen-bond donors (Lipinski definition) is 1. The van der Waals surface area contributed by atoms with Crippen LogP contribution in [-0.2, 0) is 14.6 Å². The molecule has 0 aromatic heterocycles. The first-order valence-corrected chi connectivity index (χ1v) is 9.55. The molecule has 0 bridgehead atoms. The molecule has 0 aliphatic rings. The highest BCUT2D eigenvalue weighted by molar-refractivity contribution is 7.92. The lowest BCUT2D eigenvalue weighted by atomic mass is 10.2. The molecule has 0 fully saturated rings. The second-order valence-electron chi connectivity index (χ2n) is 5.55. The van der Waals surface area contributed by atoms with Crippen LogP contribution in [-0.4, -0.2) is 25.8 Å². The zero-order chi connectivity index (χ0) is 17.6. The SMILES string of the molecule is CCCS(=O)(=O)CC(=O)Nc1ccccc1Oc1ccc(C)cc1. The first-order valence-electron chi connectivity index (χ1n) is 7.73. The molecule has 2 aromatic carbocycles. The molecule has 0 spiro atoms. The van der Waals surface area contributed by atoms with Gasteiger partial charge in [0.2, 0.25) is 5.91 Å². The van der Waals surface area contributed by atoms with Crippen LogP contribution in [0.3, 0.4) is 0 Å². The molecule has 6 heteroatoms. The molecule has 128 valence electrons. The van der Waals surface area contributed by atoms with Gasteiger partial charge in [-0.25, -0.2) is 8.42 Å². The summed E-state index contributed by atoms with van der Waals surface area (Å²) in [7, 11) is -3.38. The van der Waals surface area contributed by atoms with Gasteiger partial charge >= 0.3 is 0 Å². The number of rotatable bonds is 7. The maximum Gasteiger partial charge on any atom is 0.239 e. The molecule has 5 nitrogen and oxygen atoms in total. The number of para-hydroxylation sites is 2. The summed E-state index contributed by atoms with van der Waals surface area (Å²) in [6.07, 6.45) is 0.489. The van der Waals surface area contributed by atoms with Gasteiger partial charge in [-0.3, -0.25) is 4.79 Å². The Hall–Kier alpha value is -2.34. The molecule has 0 unspecified atom stereocenters. The maximum absolute atomic E-state index is 12.0. The molecular weight excluding hydrogens is 326 g/mol. The van der Waals surface area contributed by atoms with Crippen molar-refractivity contribution in [3.63, 3.8) is 0 Å². The van der Waals surface area contributed by atoms with E-state index in [1.165, 1.54) is 0 Å². The van der Waals surface area contributed by atoms with Crippen molar-refractivity contribution in [2.24, 2.45) is 0 Å². The third-order valence-corrected chi connectivity index (χ3v) is 5.01. The van der Waals surface area contributed by atoms with Crippen LogP contribution in [0.15, 0.2) is 48.5 Å². The standard InChI is InChI=1S/C18H21NO4S/c1-3-12-24(21,22)13-18(20)19-16-6-4-5-7-17(16)23-15-10-8-14(2)9-11-15/h4-11H,3,12-13H2,1-2H3,(H,19,20). The van der Waals surface area contributed by atoms with Crippen molar-refractivity contribution in [2.75, 3.05) is 16.8 Å². The second-order valence-corrected chi connectivity index (χ2v) is 7.74. The van der Waals surface area contributed by atoms with E-state index in [2.05, 4.69) is 5.32 Å². The summed E-state index contributed by atoms with van der Waals surface area (Å²) in [6.45, 7) is 3.74. The number of carbonyl (C=O) groups is 1. The average molecular weight is 347 g/mol. The Morgan fingerprint density at radius 2 is 1.75 bits per heavy atom. The zero-order valence-electron chi connectivity index (χ0n) is 13.8. The van der Waals surface area contributed by atoms with E-state index in [0.717, 1.165) is 5.56 Å². The normalized spacial score (nSPS) is 11.1. The number of amides is 1. The molecule has 0 atom stereocenters. The Morgan fingerprint density at radius 1 is 1.08 bits per heavy atom. The Kier molecular flexibility index (Phi) is 5.98. The van der Waals surface area contributed by atoms with E-state index in [1.807, 2.05) is 31.2 Å². The Balaban J connectivity index is 2.11. The zero-order valence-corrected chi connectivity index (χ0v) is 14.6. The minimum Gasteiger partial charge on any atom is -0.455 e. The number of anilines is 1. The number of ether oxygens (including phenoxy) is 1. The highest BCUT2D eigenvalue weighted by Gasteiger charge is 2.17. The molecule has 0 saturated heterocycles. The number of hydrogen-bond acceptors (Lipinski definition) is 4. The van der Waals surface area contributed by atoms with Gasteiger partial charge in [0.15, 0.2) is 15.6 Å². The van der Waals surface area contributed by atoms with Crippen LogP contribution < -0.4 is 10.1 Å². The van der Waals surface area contributed by atoms with Crippen LogP contribution in [0.2, 0.25) is 0 Å². The van der Waals surface area contributed by atoms with Crippen molar-refractivity contribution in [2.45, 2.75) is 20.3 Å². The van der Waals surface area contributed by atoms with E-state index in [-0.39, 0.29) is 5.75 Å². The lowest BCUT2D eigenvalue weighted by Gasteiger charge is -2.12. The lowest BCUT2D eigenvalue weighted by Crippen LogP contribution is -2.24. The topological polar surface area (TPSA) is 72.5 Å². The average Bonchev–Trinajstić information content (AvgIpc) is 2.50. The van der Waals surface area contributed by atoms with Crippen LogP contribution >= 0.6 is 0 Å².